The number of hydrogen-bond donors (Lipinski definition) is 1. The van der Waals surface area contributed by atoms with Crippen LogP contribution in [0.1, 0.15) is 21.6 Å². The molecule has 6 nitrogen and oxygen atoms in total. The Bertz CT molecular complexity index is 879. The van der Waals surface area contributed by atoms with Crippen molar-refractivity contribution in [3.8, 4) is 5.75 Å². The Hall–Kier alpha value is -2.07. The summed E-state index contributed by atoms with van der Waals surface area (Å²) in [5.74, 6) is -0.480. The standard InChI is InChI=1S/C18H17Cl2F3N2O4/c1-27-5-6-29-9-10-7-11(19)8-12(15(10)28-2)17(26)24-13-3-4-14(18(21,22)23)25-16(13)20/h3-4,7-8H,5-6,9H2,1-2H3,(H,24,26). The van der Waals surface area contributed by atoms with Crippen molar-refractivity contribution < 1.29 is 32.2 Å². The molecule has 0 aliphatic rings. The van der Waals surface area contributed by atoms with E-state index in [1.165, 1.54) is 20.3 Å². The summed E-state index contributed by atoms with van der Waals surface area (Å²) in [4.78, 5) is 16.0. The summed E-state index contributed by atoms with van der Waals surface area (Å²) in [7, 11) is 2.90. The summed E-state index contributed by atoms with van der Waals surface area (Å²) in [5, 5.41) is 2.16. The van der Waals surface area contributed by atoms with Gasteiger partial charge in [-0.1, -0.05) is 23.2 Å². The van der Waals surface area contributed by atoms with Crippen molar-refractivity contribution in [2.45, 2.75) is 12.8 Å². The highest BCUT2D eigenvalue weighted by Crippen LogP contribution is 2.33. The average molecular weight is 453 g/mol. The Labute approximate surface area is 174 Å². The molecule has 0 radical (unpaired) electrons. The fourth-order valence-electron chi connectivity index (χ4n) is 2.37. The smallest absolute Gasteiger partial charge is 0.433 e. The van der Waals surface area contributed by atoms with Gasteiger partial charge >= 0.3 is 6.18 Å². The van der Waals surface area contributed by atoms with Gasteiger partial charge in [-0.2, -0.15) is 13.2 Å². The van der Waals surface area contributed by atoms with Crippen molar-refractivity contribution in [2.75, 3.05) is 32.8 Å². The molecule has 0 fully saturated rings. The van der Waals surface area contributed by atoms with Crippen LogP contribution in [-0.2, 0) is 22.3 Å². The van der Waals surface area contributed by atoms with Gasteiger partial charge in [-0.3, -0.25) is 4.79 Å². The minimum absolute atomic E-state index is 0.0568. The van der Waals surface area contributed by atoms with Gasteiger partial charge in [0.25, 0.3) is 5.91 Å². The summed E-state index contributed by atoms with van der Waals surface area (Å²) in [6, 6.07) is 4.67. The number of methoxy groups -OCH3 is 2. The number of rotatable bonds is 8. The predicted molar refractivity (Wildman–Crippen MR) is 102 cm³/mol. The molecule has 0 spiro atoms. The van der Waals surface area contributed by atoms with E-state index in [-0.39, 0.29) is 28.6 Å². The number of alkyl halides is 3. The molecule has 0 atom stereocenters. The second-order valence-electron chi connectivity index (χ2n) is 5.68. The number of nitrogens with zero attached hydrogens (tertiary/aromatic N) is 1. The van der Waals surface area contributed by atoms with Crippen molar-refractivity contribution in [1.29, 1.82) is 0 Å². The molecule has 1 aromatic heterocycles. The summed E-state index contributed by atoms with van der Waals surface area (Å²) in [6.45, 7) is 0.812. The zero-order valence-electron chi connectivity index (χ0n) is 15.4. The minimum Gasteiger partial charge on any atom is -0.496 e. The van der Waals surface area contributed by atoms with Crippen LogP contribution >= 0.6 is 23.2 Å². The van der Waals surface area contributed by atoms with Gasteiger partial charge in [0.1, 0.15) is 11.4 Å². The molecule has 0 aliphatic carbocycles. The second kappa shape index (κ2) is 10.1. The van der Waals surface area contributed by atoms with E-state index in [9.17, 15) is 18.0 Å². The number of ether oxygens (including phenoxy) is 3. The van der Waals surface area contributed by atoms with E-state index >= 15 is 0 Å². The monoisotopic (exact) mass is 452 g/mol. The first-order valence-corrected chi connectivity index (χ1v) is 8.91. The molecule has 158 valence electrons. The number of amides is 1. The SMILES string of the molecule is COCCOCc1cc(Cl)cc(C(=O)Nc2ccc(C(F)(F)F)nc2Cl)c1OC. The second-order valence-corrected chi connectivity index (χ2v) is 6.47. The molecule has 2 aromatic rings. The van der Waals surface area contributed by atoms with E-state index in [0.717, 1.165) is 6.07 Å². The van der Waals surface area contributed by atoms with Crippen LogP contribution in [0.2, 0.25) is 10.2 Å². The Morgan fingerprint density at radius 1 is 1.17 bits per heavy atom. The van der Waals surface area contributed by atoms with E-state index in [0.29, 0.717) is 24.8 Å². The number of carbonyl (C=O) groups is 1. The van der Waals surface area contributed by atoms with E-state index < -0.39 is 22.9 Å². The van der Waals surface area contributed by atoms with E-state index in [4.69, 9.17) is 37.4 Å². The molecule has 29 heavy (non-hydrogen) atoms. The molecular weight excluding hydrogens is 436 g/mol. The van der Waals surface area contributed by atoms with E-state index in [1.807, 2.05) is 0 Å². The number of halogens is 5. The summed E-state index contributed by atoms with van der Waals surface area (Å²) in [6.07, 6.45) is -4.65. The number of aromatic nitrogens is 1. The van der Waals surface area contributed by atoms with Crippen LogP contribution in [0.3, 0.4) is 0 Å². The maximum atomic E-state index is 12.7. The van der Waals surface area contributed by atoms with Crippen molar-refractivity contribution in [1.82, 2.24) is 4.98 Å². The Balaban J connectivity index is 2.27. The first-order chi connectivity index (χ1) is 13.7. The normalized spacial score (nSPS) is 11.4. The fourth-order valence-corrected chi connectivity index (χ4v) is 2.81. The largest absolute Gasteiger partial charge is 0.496 e. The Kier molecular flexibility index (Phi) is 8.09. The molecule has 2 rings (SSSR count). The highest BCUT2D eigenvalue weighted by Gasteiger charge is 2.33. The summed E-state index contributed by atoms with van der Waals surface area (Å²) < 4.78 is 53.8. The lowest BCUT2D eigenvalue weighted by molar-refractivity contribution is -0.141. The van der Waals surface area contributed by atoms with Gasteiger partial charge in [0.2, 0.25) is 0 Å². The van der Waals surface area contributed by atoms with Crippen LogP contribution in [0.4, 0.5) is 18.9 Å². The third-order valence-electron chi connectivity index (χ3n) is 3.66. The lowest BCUT2D eigenvalue weighted by Gasteiger charge is -2.15. The van der Waals surface area contributed by atoms with Gasteiger partial charge in [0, 0.05) is 17.7 Å². The lowest BCUT2D eigenvalue weighted by Crippen LogP contribution is -2.16. The van der Waals surface area contributed by atoms with Gasteiger partial charge in [0.15, 0.2) is 5.15 Å². The molecule has 0 saturated heterocycles. The topological polar surface area (TPSA) is 69.7 Å². The number of hydrogen-bond acceptors (Lipinski definition) is 5. The molecule has 1 N–H and O–H groups in total. The number of nitrogens with one attached hydrogen (secondary N) is 1. The quantitative estimate of drug-likeness (QED) is 0.458. The van der Waals surface area contributed by atoms with Crippen LogP contribution in [-0.4, -0.2) is 38.3 Å². The van der Waals surface area contributed by atoms with E-state index in [2.05, 4.69) is 10.3 Å². The number of pyridine rings is 1. The van der Waals surface area contributed by atoms with Crippen LogP contribution < -0.4 is 10.1 Å². The van der Waals surface area contributed by atoms with Crippen molar-refractivity contribution >= 4 is 34.8 Å². The molecule has 1 amide bonds. The maximum absolute atomic E-state index is 12.7. The minimum atomic E-state index is -4.65. The highest BCUT2D eigenvalue weighted by molar-refractivity contribution is 6.33. The van der Waals surface area contributed by atoms with Crippen LogP contribution in [0.25, 0.3) is 0 Å². The molecule has 0 saturated carbocycles. The third-order valence-corrected chi connectivity index (χ3v) is 4.16. The first-order valence-electron chi connectivity index (χ1n) is 8.15. The lowest BCUT2D eigenvalue weighted by atomic mass is 10.1. The van der Waals surface area contributed by atoms with Crippen molar-refractivity contribution in [2.24, 2.45) is 0 Å². The molecule has 1 aromatic carbocycles. The maximum Gasteiger partial charge on any atom is 0.433 e. The zero-order chi connectivity index (χ0) is 21.6. The summed E-state index contributed by atoms with van der Waals surface area (Å²) >= 11 is 11.9. The zero-order valence-corrected chi connectivity index (χ0v) is 16.9. The Morgan fingerprint density at radius 2 is 1.90 bits per heavy atom. The van der Waals surface area contributed by atoms with Crippen LogP contribution in [0.5, 0.6) is 5.75 Å². The van der Waals surface area contributed by atoms with Gasteiger partial charge in [-0.15, -0.1) is 0 Å². The molecule has 0 aliphatic heterocycles. The molecule has 11 heteroatoms. The highest BCUT2D eigenvalue weighted by atomic mass is 35.5. The molecule has 0 unspecified atom stereocenters. The average Bonchev–Trinajstić information content (AvgIpc) is 2.65. The Morgan fingerprint density at radius 3 is 2.48 bits per heavy atom. The molecule has 0 bridgehead atoms. The summed E-state index contributed by atoms with van der Waals surface area (Å²) in [5.41, 5.74) is -0.694. The number of anilines is 1. The van der Waals surface area contributed by atoms with Crippen molar-refractivity contribution in [3.05, 3.63) is 51.3 Å². The predicted octanol–water partition coefficient (Wildman–Crippen LogP) is 4.83. The number of benzene rings is 1. The van der Waals surface area contributed by atoms with Crippen LogP contribution in [0, 0.1) is 0 Å². The molecular formula is C18H17Cl2F3N2O4. The number of carbonyl (C=O) groups excluding carboxylic acids is 1. The van der Waals surface area contributed by atoms with Crippen molar-refractivity contribution in [3.63, 3.8) is 0 Å². The third kappa shape index (κ3) is 6.20. The first kappa shape index (κ1) is 23.2. The van der Waals surface area contributed by atoms with Crippen LogP contribution in [0.15, 0.2) is 24.3 Å². The van der Waals surface area contributed by atoms with Gasteiger partial charge in [-0.25, -0.2) is 4.98 Å². The van der Waals surface area contributed by atoms with Gasteiger partial charge < -0.3 is 19.5 Å². The fraction of sp³-hybridized carbons (Fsp3) is 0.333. The van der Waals surface area contributed by atoms with Gasteiger partial charge in [0.05, 0.1) is 38.2 Å². The van der Waals surface area contributed by atoms with E-state index in [1.54, 1.807) is 6.07 Å². The molecule has 1 heterocycles. The van der Waals surface area contributed by atoms with Gasteiger partial charge in [-0.05, 0) is 24.3 Å².